The van der Waals surface area contributed by atoms with Crippen molar-refractivity contribution in [2.75, 3.05) is 13.2 Å². The fourth-order valence-corrected chi connectivity index (χ4v) is 11.5. The Morgan fingerprint density at radius 2 is 0.434 bits per heavy atom. The second kappa shape index (κ2) is 72.1. The maximum atomic E-state index is 12.9. The Bertz CT molecular complexity index is 1380. The number of allylic oxidation sites excluding steroid dienone is 6. The van der Waals surface area contributed by atoms with Gasteiger partial charge in [-0.05, 0) is 77.0 Å². The summed E-state index contributed by atoms with van der Waals surface area (Å²) in [6, 6.07) is 0. The molecule has 0 saturated carbocycles. The normalized spacial score (nSPS) is 12.2. The highest BCUT2D eigenvalue weighted by atomic mass is 16.6. The van der Waals surface area contributed by atoms with Gasteiger partial charge in [-0.2, -0.15) is 0 Å². The van der Waals surface area contributed by atoms with Crippen LogP contribution in [0.4, 0.5) is 0 Å². The highest BCUT2D eigenvalue weighted by Gasteiger charge is 2.20. The average Bonchev–Trinajstić information content (AvgIpc) is 3.50. The summed E-state index contributed by atoms with van der Waals surface area (Å²) in [5.74, 6) is -0.854. The van der Waals surface area contributed by atoms with E-state index in [1.807, 2.05) is 0 Å². The number of hydrogen-bond donors (Lipinski definition) is 0. The average molecular weight is 1170 g/mol. The Hall–Kier alpha value is -2.37. The molecule has 0 N–H and O–H groups in total. The van der Waals surface area contributed by atoms with E-state index in [2.05, 4.69) is 57.2 Å². The van der Waals surface area contributed by atoms with Crippen molar-refractivity contribution in [1.82, 2.24) is 0 Å². The first-order chi connectivity index (χ1) is 41.0. The first-order valence-electron chi connectivity index (χ1n) is 37.5. The standard InChI is InChI=1S/C77H144O6/c1-4-7-10-13-16-19-22-25-28-31-32-33-34-35-36-37-38-39-40-41-42-43-44-45-46-47-50-52-55-58-61-64-67-70-76(79)82-73-74(83-77(80)71-68-65-62-59-56-53-49-30-27-24-21-18-15-12-9-6-3)72-81-75(78)69-66-63-60-57-54-51-48-29-26-23-20-17-14-11-8-5-2/h21,24,30-32,49,74H,4-20,22-23,25-29,33-48,50-73H2,1-3H3/b24-21-,32-31-,49-30-. The summed E-state index contributed by atoms with van der Waals surface area (Å²) in [5.41, 5.74) is 0. The molecule has 0 aliphatic rings. The van der Waals surface area contributed by atoms with Crippen LogP contribution >= 0.6 is 0 Å². The summed E-state index contributed by atoms with van der Waals surface area (Å²) in [7, 11) is 0. The minimum absolute atomic E-state index is 0.0719. The molecule has 0 aromatic rings. The van der Waals surface area contributed by atoms with E-state index in [0.717, 1.165) is 77.0 Å². The molecule has 488 valence electrons. The third-order valence-electron chi connectivity index (χ3n) is 17.1. The van der Waals surface area contributed by atoms with Crippen molar-refractivity contribution < 1.29 is 28.6 Å². The Labute approximate surface area is 518 Å². The van der Waals surface area contributed by atoms with Crippen molar-refractivity contribution in [1.29, 1.82) is 0 Å². The molecule has 0 aliphatic heterocycles. The van der Waals surface area contributed by atoms with Crippen molar-refractivity contribution >= 4 is 17.9 Å². The van der Waals surface area contributed by atoms with Gasteiger partial charge >= 0.3 is 17.9 Å². The summed E-state index contributed by atoms with van der Waals surface area (Å²) < 4.78 is 17.0. The molecule has 6 nitrogen and oxygen atoms in total. The number of carbonyl (C=O) groups excluding carboxylic acids is 3. The summed E-state index contributed by atoms with van der Waals surface area (Å²) >= 11 is 0. The first kappa shape index (κ1) is 80.6. The Balaban J connectivity index is 4.13. The minimum atomic E-state index is -0.777. The maximum absolute atomic E-state index is 12.9. The zero-order chi connectivity index (χ0) is 59.9. The monoisotopic (exact) mass is 1170 g/mol. The van der Waals surface area contributed by atoms with Crippen LogP contribution in [0.2, 0.25) is 0 Å². The molecule has 0 bridgehead atoms. The number of hydrogen-bond acceptors (Lipinski definition) is 6. The highest BCUT2D eigenvalue weighted by molar-refractivity contribution is 5.71. The quantitative estimate of drug-likeness (QED) is 0.0261. The molecular weight excluding hydrogens is 1020 g/mol. The molecule has 0 amide bonds. The molecule has 0 rings (SSSR count). The summed E-state index contributed by atoms with van der Waals surface area (Å²) in [6.07, 6.45) is 90.6. The molecule has 6 heteroatoms. The summed E-state index contributed by atoms with van der Waals surface area (Å²) in [4.78, 5) is 38.4. The molecule has 0 spiro atoms. The SMILES string of the molecule is CCCCCC/C=C\C/C=C\CCCCCCCC(=O)OC(COC(=O)CCCCCCCCCCCCCCCCCC)COC(=O)CCCCCCCCCCCCCCCCCCCCCCC/C=C\CCCCCCCCCC. The van der Waals surface area contributed by atoms with E-state index in [0.29, 0.717) is 19.3 Å². The lowest BCUT2D eigenvalue weighted by atomic mass is 10.0. The van der Waals surface area contributed by atoms with Gasteiger partial charge in [0.2, 0.25) is 0 Å². The first-order valence-corrected chi connectivity index (χ1v) is 37.5. The lowest BCUT2D eigenvalue weighted by Crippen LogP contribution is -2.30. The predicted molar refractivity (Wildman–Crippen MR) is 362 cm³/mol. The minimum Gasteiger partial charge on any atom is -0.462 e. The molecule has 83 heavy (non-hydrogen) atoms. The number of rotatable bonds is 70. The van der Waals surface area contributed by atoms with Gasteiger partial charge in [-0.3, -0.25) is 14.4 Å². The van der Waals surface area contributed by atoms with E-state index in [9.17, 15) is 14.4 Å². The topological polar surface area (TPSA) is 78.9 Å². The number of ether oxygens (including phenoxy) is 3. The highest BCUT2D eigenvalue weighted by Crippen LogP contribution is 2.19. The van der Waals surface area contributed by atoms with Gasteiger partial charge in [0, 0.05) is 19.3 Å². The fourth-order valence-electron chi connectivity index (χ4n) is 11.5. The largest absolute Gasteiger partial charge is 0.462 e. The molecule has 0 saturated heterocycles. The van der Waals surface area contributed by atoms with Crippen LogP contribution in [0.15, 0.2) is 36.5 Å². The van der Waals surface area contributed by atoms with Crippen LogP contribution in [0.5, 0.6) is 0 Å². The summed E-state index contributed by atoms with van der Waals surface area (Å²) in [6.45, 7) is 6.69. The van der Waals surface area contributed by atoms with Crippen molar-refractivity contribution in [3.8, 4) is 0 Å². The number of esters is 3. The van der Waals surface area contributed by atoms with Gasteiger partial charge in [0.1, 0.15) is 13.2 Å². The maximum Gasteiger partial charge on any atom is 0.306 e. The van der Waals surface area contributed by atoms with E-state index in [1.54, 1.807) is 0 Å². The molecular formula is C77H144O6. The van der Waals surface area contributed by atoms with E-state index in [1.165, 1.54) is 302 Å². The van der Waals surface area contributed by atoms with Crippen LogP contribution in [0.1, 0.15) is 419 Å². The molecule has 0 aromatic carbocycles. The second-order valence-corrected chi connectivity index (χ2v) is 25.6. The zero-order valence-corrected chi connectivity index (χ0v) is 56.2. The van der Waals surface area contributed by atoms with Gasteiger partial charge in [-0.15, -0.1) is 0 Å². The number of carbonyl (C=O) groups is 3. The van der Waals surface area contributed by atoms with Crippen LogP contribution in [0, 0.1) is 0 Å². The molecule has 0 fully saturated rings. The van der Waals surface area contributed by atoms with E-state index in [4.69, 9.17) is 14.2 Å². The van der Waals surface area contributed by atoms with E-state index in [-0.39, 0.29) is 31.1 Å². The van der Waals surface area contributed by atoms with Gasteiger partial charge in [0.05, 0.1) is 0 Å². The van der Waals surface area contributed by atoms with Crippen molar-refractivity contribution in [3.63, 3.8) is 0 Å². The van der Waals surface area contributed by atoms with Gasteiger partial charge in [-0.1, -0.05) is 359 Å². The van der Waals surface area contributed by atoms with Gasteiger partial charge in [0.15, 0.2) is 6.10 Å². The predicted octanol–water partition coefficient (Wildman–Crippen LogP) is 25.9. The van der Waals surface area contributed by atoms with Gasteiger partial charge < -0.3 is 14.2 Å². The Morgan fingerprint density at radius 1 is 0.241 bits per heavy atom. The van der Waals surface area contributed by atoms with Crippen molar-refractivity contribution in [3.05, 3.63) is 36.5 Å². The lowest BCUT2D eigenvalue weighted by molar-refractivity contribution is -0.167. The van der Waals surface area contributed by atoms with E-state index < -0.39 is 6.10 Å². The van der Waals surface area contributed by atoms with Crippen LogP contribution in [0.25, 0.3) is 0 Å². The molecule has 1 unspecified atom stereocenters. The second-order valence-electron chi connectivity index (χ2n) is 25.6. The lowest BCUT2D eigenvalue weighted by Gasteiger charge is -2.18. The zero-order valence-electron chi connectivity index (χ0n) is 56.2. The Kier molecular flexibility index (Phi) is 70.0. The molecule has 1 atom stereocenters. The molecule has 0 aromatic heterocycles. The van der Waals surface area contributed by atoms with Crippen LogP contribution in [0.3, 0.4) is 0 Å². The summed E-state index contributed by atoms with van der Waals surface area (Å²) in [5, 5.41) is 0. The van der Waals surface area contributed by atoms with Crippen LogP contribution in [-0.2, 0) is 28.6 Å². The molecule has 0 aliphatic carbocycles. The number of unbranched alkanes of at least 4 members (excludes halogenated alkanes) is 53. The van der Waals surface area contributed by atoms with Gasteiger partial charge in [0.25, 0.3) is 0 Å². The smallest absolute Gasteiger partial charge is 0.306 e. The van der Waals surface area contributed by atoms with E-state index >= 15 is 0 Å². The third kappa shape index (κ3) is 70.3. The van der Waals surface area contributed by atoms with Crippen molar-refractivity contribution in [2.45, 2.75) is 425 Å². The molecule has 0 radical (unpaired) electrons. The van der Waals surface area contributed by atoms with Gasteiger partial charge in [-0.25, -0.2) is 0 Å². The Morgan fingerprint density at radius 3 is 0.687 bits per heavy atom. The molecule has 0 heterocycles. The van der Waals surface area contributed by atoms with Crippen LogP contribution in [-0.4, -0.2) is 37.2 Å². The fraction of sp³-hybridized carbons (Fsp3) is 0.883. The van der Waals surface area contributed by atoms with Crippen LogP contribution < -0.4 is 0 Å². The van der Waals surface area contributed by atoms with Crippen molar-refractivity contribution in [2.24, 2.45) is 0 Å². The third-order valence-corrected chi connectivity index (χ3v) is 17.1.